The van der Waals surface area contributed by atoms with E-state index in [4.69, 9.17) is 19.9 Å². The minimum atomic E-state index is -1.52. The van der Waals surface area contributed by atoms with Crippen molar-refractivity contribution in [2.45, 2.75) is 44.6 Å². The molecule has 8 nitrogen and oxygen atoms in total. The van der Waals surface area contributed by atoms with Gasteiger partial charge in [-0.2, -0.15) is 0 Å². The van der Waals surface area contributed by atoms with Crippen molar-refractivity contribution < 1.29 is 34.0 Å². The van der Waals surface area contributed by atoms with Crippen LogP contribution in [0.2, 0.25) is 0 Å². The van der Waals surface area contributed by atoms with Gasteiger partial charge in [0.2, 0.25) is 0 Å². The lowest BCUT2D eigenvalue weighted by atomic mass is 9.98. The third kappa shape index (κ3) is 3.39. The number of hydrogen-bond acceptors (Lipinski definition) is 8. The highest BCUT2D eigenvalue weighted by Gasteiger charge is 2.47. The van der Waals surface area contributed by atoms with Crippen LogP contribution in [0.25, 0.3) is 0 Å². The Balaban J connectivity index is 2.84. The molecule has 1 unspecified atom stereocenters. The molecule has 0 bridgehead atoms. The van der Waals surface area contributed by atoms with E-state index in [2.05, 4.69) is 0 Å². The van der Waals surface area contributed by atoms with Crippen molar-refractivity contribution in [1.82, 2.24) is 0 Å². The summed E-state index contributed by atoms with van der Waals surface area (Å²) in [6, 6.07) is 0. The number of rotatable bonds is 3. The minimum Gasteiger partial charge on any atom is -0.457 e. The molecule has 1 heterocycles. The molecule has 1 saturated heterocycles. The second kappa shape index (κ2) is 6.10. The Bertz CT molecular complexity index is 321. The zero-order valence-corrected chi connectivity index (χ0v) is 10.1. The van der Waals surface area contributed by atoms with E-state index in [-0.39, 0.29) is 6.54 Å². The molecule has 0 saturated carbocycles. The van der Waals surface area contributed by atoms with Gasteiger partial charge in [-0.3, -0.25) is 9.59 Å². The van der Waals surface area contributed by atoms with Gasteiger partial charge in [0.1, 0.15) is 12.2 Å². The van der Waals surface area contributed by atoms with Gasteiger partial charge in [-0.05, 0) is 0 Å². The predicted octanol–water partition coefficient (Wildman–Crippen LogP) is -2.11. The van der Waals surface area contributed by atoms with Gasteiger partial charge in [0.25, 0.3) is 0 Å². The van der Waals surface area contributed by atoms with Crippen molar-refractivity contribution in [3.05, 3.63) is 0 Å². The highest BCUT2D eigenvalue weighted by atomic mass is 16.7. The normalized spacial score (nSPS) is 35.9. The Labute approximate surface area is 104 Å². The monoisotopic (exact) mass is 263 g/mol. The number of carbonyl (C=O) groups is 2. The summed E-state index contributed by atoms with van der Waals surface area (Å²) in [5, 5.41) is 19.5. The Kier molecular flexibility index (Phi) is 5.03. The third-order valence-corrected chi connectivity index (χ3v) is 2.47. The summed E-state index contributed by atoms with van der Waals surface area (Å²) in [7, 11) is 0. The molecule has 0 amide bonds. The molecule has 0 aromatic carbocycles. The van der Waals surface area contributed by atoms with E-state index in [9.17, 15) is 19.8 Å². The van der Waals surface area contributed by atoms with Crippen molar-refractivity contribution in [3.8, 4) is 0 Å². The number of hydrogen-bond donors (Lipinski definition) is 3. The van der Waals surface area contributed by atoms with Crippen molar-refractivity contribution >= 4 is 11.9 Å². The summed E-state index contributed by atoms with van der Waals surface area (Å²) < 4.78 is 14.6. The summed E-state index contributed by atoms with van der Waals surface area (Å²) in [4.78, 5) is 21.8. The molecule has 1 aliphatic rings. The maximum absolute atomic E-state index is 10.9. The fourth-order valence-electron chi connectivity index (χ4n) is 1.76. The van der Waals surface area contributed by atoms with Crippen LogP contribution in [-0.2, 0) is 23.8 Å². The van der Waals surface area contributed by atoms with Gasteiger partial charge in [0, 0.05) is 20.4 Å². The standard InChI is InChI=1S/C10H17NO7/c1-4(12)16-8-6(3-11)18-10(15)9(7(8)14)17-5(2)13/h6-10,14-15H,3,11H2,1-2H3/t6-,7+,8+,9-,10?/m1/s1. The zero-order chi connectivity index (χ0) is 13.9. The van der Waals surface area contributed by atoms with E-state index < -0.39 is 42.6 Å². The molecule has 0 aliphatic carbocycles. The number of esters is 2. The first-order valence-electron chi connectivity index (χ1n) is 5.43. The number of aliphatic hydroxyl groups excluding tert-OH is 2. The quantitative estimate of drug-likeness (QED) is 0.493. The first-order chi connectivity index (χ1) is 8.36. The van der Waals surface area contributed by atoms with Crippen LogP contribution >= 0.6 is 0 Å². The van der Waals surface area contributed by atoms with Crippen molar-refractivity contribution in [3.63, 3.8) is 0 Å². The summed E-state index contributed by atoms with van der Waals surface area (Å²) in [5.41, 5.74) is 5.39. The van der Waals surface area contributed by atoms with E-state index in [1.54, 1.807) is 0 Å². The average molecular weight is 263 g/mol. The van der Waals surface area contributed by atoms with E-state index >= 15 is 0 Å². The Morgan fingerprint density at radius 2 is 1.67 bits per heavy atom. The molecule has 0 aromatic rings. The summed E-state index contributed by atoms with van der Waals surface area (Å²) in [5.74, 6) is -1.34. The van der Waals surface area contributed by atoms with E-state index in [1.165, 1.54) is 0 Å². The summed E-state index contributed by atoms with van der Waals surface area (Å²) in [6.07, 6.45) is -6.22. The van der Waals surface area contributed by atoms with Gasteiger partial charge in [-0.25, -0.2) is 0 Å². The summed E-state index contributed by atoms with van der Waals surface area (Å²) in [6.45, 7) is 2.21. The van der Waals surface area contributed by atoms with Gasteiger partial charge in [0.05, 0.1) is 0 Å². The minimum absolute atomic E-state index is 0.0706. The Hall–Kier alpha value is -1.22. The topological polar surface area (TPSA) is 128 Å². The van der Waals surface area contributed by atoms with Gasteiger partial charge in [-0.1, -0.05) is 0 Å². The smallest absolute Gasteiger partial charge is 0.303 e. The first-order valence-corrected chi connectivity index (χ1v) is 5.43. The maximum Gasteiger partial charge on any atom is 0.303 e. The largest absolute Gasteiger partial charge is 0.457 e. The number of aliphatic hydroxyl groups is 2. The molecule has 4 N–H and O–H groups in total. The number of ether oxygens (including phenoxy) is 3. The second-order valence-corrected chi connectivity index (χ2v) is 3.94. The Morgan fingerprint density at radius 1 is 1.17 bits per heavy atom. The highest BCUT2D eigenvalue weighted by molar-refractivity contribution is 5.67. The average Bonchev–Trinajstić information content (AvgIpc) is 2.27. The van der Waals surface area contributed by atoms with Crippen LogP contribution in [0, 0.1) is 0 Å². The molecule has 1 fully saturated rings. The fourth-order valence-corrected chi connectivity index (χ4v) is 1.76. The molecule has 0 aromatic heterocycles. The number of carbonyl (C=O) groups excluding carboxylic acids is 2. The first kappa shape index (κ1) is 14.8. The summed E-state index contributed by atoms with van der Waals surface area (Å²) >= 11 is 0. The molecule has 8 heteroatoms. The van der Waals surface area contributed by atoms with Crippen LogP contribution in [0.1, 0.15) is 13.8 Å². The van der Waals surface area contributed by atoms with Gasteiger partial charge in [0.15, 0.2) is 18.5 Å². The van der Waals surface area contributed by atoms with Gasteiger partial charge in [-0.15, -0.1) is 0 Å². The van der Waals surface area contributed by atoms with Crippen molar-refractivity contribution in [2.75, 3.05) is 6.54 Å². The van der Waals surface area contributed by atoms with Crippen molar-refractivity contribution in [2.24, 2.45) is 5.73 Å². The zero-order valence-electron chi connectivity index (χ0n) is 10.1. The fraction of sp³-hybridized carbons (Fsp3) is 0.800. The Morgan fingerprint density at radius 3 is 2.11 bits per heavy atom. The maximum atomic E-state index is 10.9. The van der Waals surface area contributed by atoms with Crippen LogP contribution in [0.4, 0.5) is 0 Å². The molecular formula is C10H17NO7. The lowest BCUT2D eigenvalue weighted by Gasteiger charge is -2.41. The lowest BCUT2D eigenvalue weighted by Crippen LogP contribution is -2.61. The van der Waals surface area contributed by atoms with E-state index in [1.807, 2.05) is 0 Å². The predicted molar refractivity (Wildman–Crippen MR) is 57.0 cm³/mol. The highest BCUT2D eigenvalue weighted by Crippen LogP contribution is 2.24. The van der Waals surface area contributed by atoms with Crippen molar-refractivity contribution in [1.29, 1.82) is 0 Å². The lowest BCUT2D eigenvalue weighted by molar-refractivity contribution is -0.286. The van der Waals surface area contributed by atoms with Crippen LogP contribution in [-0.4, -0.2) is 59.4 Å². The van der Waals surface area contributed by atoms with E-state index in [0.29, 0.717) is 0 Å². The molecule has 5 atom stereocenters. The number of nitrogens with two attached hydrogens (primary N) is 1. The molecule has 18 heavy (non-hydrogen) atoms. The molecule has 0 spiro atoms. The SMILES string of the molecule is CC(=O)O[C@@H]1[C@H](O)[C@@H](OC(C)=O)C(O)O[C@@H]1CN. The van der Waals surface area contributed by atoms with Crippen LogP contribution in [0.3, 0.4) is 0 Å². The van der Waals surface area contributed by atoms with Crippen LogP contribution in [0.5, 0.6) is 0 Å². The third-order valence-electron chi connectivity index (χ3n) is 2.47. The van der Waals surface area contributed by atoms with Crippen LogP contribution < -0.4 is 5.73 Å². The molecule has 104 valence electrons. The second-order valence-electron chi connectivity index (χ2n) is 3.94. The van der Waals surface area contributed by atoms with Crippen LogP contribution in [0.15, 0.2) is 0 Å². The van der Waals surface area contributed by atoms with Gasteiger partial charge < -0.3 is 30.2 Å². The molecule has 1 aliphatic heterocycles. The van der Waals surface area contributed by atoms with Gasteiger partial charge >= 0.3 is 11.9 Å². The molecule has 1 rings (SSSR count). The molecule has 0 radical (unpaired) electrons. The van der Waals surface area contributed by atoms with E-state index in [0.717, 1.165) is 13.8 Å². The molecular weight excluding hydrogens is 246 g/mol.